The summed E-state index contributed by atoms with van der Waals surface area (Å²) in [6.07, 6.45) is -0.0422. The van der Waals surface area contributed by atoms with Crippen LogP contribution in [0.1, 0.15) is 66.3 Å². The first-order chi connectivity index (χ1) is 18.6. The van der Waals surface area contributed by atoms with Crippen LogP contribution in [0.3, 0.4) is 0 Å². The molecule has 3 amide bonds. The molecule has 208 valence electrons. The fraction of sp³-hybridized carbons (Fsp3) is 0.414. The van der Waals surface area contributed by atoms with Gasteiger partial charge in [-0.1, -0.05) is 24.0 Å². The van der Waals surface area contributed by atoms with Gasteiger partial charge in [0.15, 0.2) is 11.8 Å². The van der Waals surface area contributed by atoms with Gasteiger partial charge >= 0.3 is 0 Å². The summed E-state index contributed by atoms with van der Waals surface area (Å²) >= 11 is 0. The molecule has 0 spiro atoms. The molecule has 0 radical (unpaired) electrons. The van der Waals surface area contributed by atoms with Gasteiger partial charge in [0.25, 0.3) is 17.7 Å². The van der Waals surface area contributed by atoms with Gasteiger partial charge in [-0.25, -0.2) is 10.3 Å². The molecule has 0 saturated carbocycles. The SMILES string of the molecule is CNC(=O)[C@@](C)(C(=O)NOC1CCCCO1)N(C)C(=O)c1ccc(C#Cc2ccc([C@H](O)[C@@H](C)O)cc2)cc1. The molecule has 1 aliphatic heterocycles. The lowest BCUT2D eigenvalue weighted by Crippen LogP contribution is -2.65. The summed E-state index contributed by atoms with van der Waals surface area (Å²) in [6, 6.07) is 13.4. The minimum Gasteiger partial charge on any atom is -0.390 e. The van der Waals surface area contributed by atoms with Gasteiger partial charge in [0.2, 0.25) is 0 Å². The Morgan fingerprint density at radius 1 is 1.03 bits per heavy atom. The molecule has 4 N–H and O–H groups in total. The molecule has 1 heterocycles. The van der Waals surface area contributed by atoms with Gasteiger partial charge in [-0.2, -0.15) is 0 Å². The first kappa shape index (κ1) is 29.8. The quantitative estimate of drug-likeness (QED) is 0.228. The molecule has 2 aromatic rings. The van der Waals surface area contributed by atoms with Crippen molar-refractivity contribution >= 4 is 17.7 Å². The zero-order valence-corrected chi connectivity index (χ0v) is 22.6. The minimum atomic E-state index is -1.90. The van der Waals surface area contributed by atoms with E-state index in [-0.39, 0.29) is 5.56 Å². The van der Waals surface area contributed by atoms with Gasteiger partial charge in [0, 0.05) is 43.8 Å². The van der Waals surface area contributed by atoms with Crippen molar-refractivity contribution in [3.05, 3.63) is 70.8 Å². The number of aliphatic hydroxyl groups excluding tert-OH is 2. The van der Waals surface area contributed by atoms with Crippen molar-refractivity contribution in [1.82, 2.24) is 15.7 Å². The maximum atomic E-state index is 13.3. The third-order valence-electron chi connectivity index (χ3n) is 6.70. The van der Waals surface area contributed by atoms with Crippen molar-refractivity contribution in [3.8, 4) is 11.8 Å². The Labute approximate surface area is 228 Å². The van der Waals surface area contributed by atoms with E-state index < -0.39 is 41.8 Å². The molecule has 1 fully saturated rings. The number of nitrogens with zero attached hydrogens (tertiary/aromatic N) is 1. The fourth-order valence-electron chi connectivity index (χ4n) is 3.95. The highest BCUT2D eigenvalue weighted by molar-refractivity contribution is 6.12. The Hall–Kier alpha value is -3.75. The number of benzene rings is 2. The van der Waals surface area contributed by atoms with Crippen molar-refractivity contribution in [2.24, 2.45) is 0 Å². The molecule has 1 unspecified atom stereocenters. The predicted molar refractivity (Wildman–Crippen MR) is 143 cm³/mol. The van der Waals surface area contributed by atoms with E-state index in [9.17, 15) is 24.6 Å². The molecule has 39 heavy (non-hydrogen) atoms. The summed E-state index contributed by atoms with van der Waals surface area (Å²) in [4.78, 5) is 45.5. The van der Waals surface area contributed by atoms with Crippen molar-refractivity contribution in [2.75, 3.05) is 20.7 Å². The normalized spacial score (nSPS) is 17.9. The topological polar surface area (TPSA) is 137 Å². The zero-order valence-electron chi connectivity index (χ0n) is 22.6. The number of hydrogen-bond acceptors (Lipinski definition) is 7. The van der Waals surface area contributed by atoms with E-state index in [2.05, 4.69) is 22.6 Å². The summed E-state index contributed by atoms with van der Waals surface area (Å²) in [7, 11) is 2.76. The van der Waals surface area contributed by atoms with E-state index in [0.29, 0.717) is 29.7 Å². The Morgan fingerprint density at radius 3 is 2.13 bits per heavy atom. The molecule has 1 aliphatic rings. The van der Waals surface area contributed by atoms with Gasteiger partial charge in [-0.15, -0.1) is 0 Å². The molecule has 3 rings (SSSR count). The largest absolute Gasteiger partial charge is 0.390 e. The highest BCUT2D eigenvalue weighted by Crippen LogP contribution is 2.20. The standard InChI is InChI=1S/C29H35N3O7/c1-19(33)25(34)22-14-10-20(11-15-22)8-9-21-12-16-23(17-13-21)26(35)32(4)29(2,27(36)30-3)28(37)31-39-24-7-5-6-18-38-24/h10-17,19,24-25,33-34H,5-7,18H2,1-4H3,(H,30,36)(H,31,37)/t19-,24?,25-,29+/m1/s1. The number of nitrogens with one attached hydrogen (secondary N) is 2. The van der Waals surface area contributed by atoms with Crippen LogP contribution in [-0.4, -0.2) is 71.5 Å². The molecule has 4 atom stereocenters. The molecule has 0 bridgehead atoms. The van der Waals surface area contributed by atoms with E-state index in [1.807, 2.05) is 0 Å². The zero-order chi connectivity index (χ0) is 28.6. The first-order valence-electron chi connectivity index (χ1n) is 12.7. The van der Waals surface area contributed by atoms with Crippen molar-refractivity contribution < 1.29 is 34.2 Å². The first-order valence-corrected chi connectivity index (χ1v) is 12.7. The van der Waals surface area contributed by atoms with Crippen LogP contribution in [0.4, 0.5) is 0 Å². The average molecular weight is 538 g/mol. The van der Waals surface area contributed by atoms with Crippen LogP contribution in [-0.2, 0) is 19.2 Å². The van der Waals surface area contributed by atoms with E-state index in [0.717, 1.165) is 17.7 Å². The number of hydroxylamine groups is 1. The second-order valence-electron chi connectivity index (χ2n) is 9.50. The lowest BCUT2D eigenvalue weighted by Gasteiger charge is -2.36. The van der Waals surface area contributed by atoms with Gasteiger partial charge in [-0.3, -0.25) is 14.4 Å². The third kappa shape index (κ3) is 7.22. The van der Waals surface area contributed by atoms with Gasteiger partial charge in [0.05, 0.1) is 6.10 Å². The number of hydrogen-bond donors (Lipinski definition) is 4. The molecular formula is C29H35N3O7. The molecule has 10 heteroatoms. The van der Waals surface area contributed by atoms with E-state index in [4.69, 9.17) is 9.57 Å². The van der Waals surface area contributed by atoms with Gasteiger partial charge in [-0.05, 0) is 68.7 Å². The predicted octanol–water partition coefficient (Wildman–Crippen LogP) is 1.65. The van der Waals surface area contributed by atoms with Crippen molar-refractivity contribution in [1.29, 1.82) is 0 Å². The number of rotatable bonds is 8. The fourth-order valence-corrected chi connectivity index (χ4v) is 3.95. The molecule has 1 saturated heterocycles. The van der Waals surface area contributed by atoms with Crippen molar-refractivity contribution in [3.63, 3.8) is 0 Å². The number of ether oxygens (including phenoxy) is 1. The Kier molecular flexibility index (Phi) is 10.2. The lowest BCUT2D eigenvalue weighted by atomic mass is 9.96. The lowest BCUT2D eigenvalue weighted by molar-refractivity contribution is -0.204. The molecular weight excluding hydrogens is 502 g/mol. The second kappa shape index (κ2) is 13.4. The number of carbonyl (C=O) groups is 3. The Bertz CT molecular complexity index is 1210. The van der Waals surface area contributed by atoms with Crippen LogP contribution in [0.15, 0.2) is 48.5 Å². The monoisotopic (exact) mass is 537 g/mol. The van der Waals surface area contributed by atoms with Gasteiger partial charge in [0.1, 0.15) is 6.10 Å². The van der Waals surface area contributed by atoms with Crippen LogP contribution < -0.4 is 10.8 Å². The Balaban J connectivity index is 1.70. The highest BCUT2D eigenvalue weighted by Gasteiger charge is 2.47. The van der Waals surface area contributed by atoms with Crippen molar-refractivity contribution in [2.45, 2.75) is 57.1 Å². The van der Waals surface area contributed by atoms with Gasteiger partial charge < -0.3 is 25.2 Å². The number of aliphatic hydroxyl groups is 2. The van der Waals surface area contributed by atoms with Crippen LogP contribution in [0, 0.1) is 11.8 Å². The molecule has 10 nitrogen and oxygen atoms in total. The van der Waals surface area contributed by atoms with Crippen LogP contribution in [0.25, 0.3) is 0 Å². The number of amides is 3. The van der Waals surface area contributed by atoms with Crippen LogP contribution in [0.5, 0.6) is 0 Å². The minimum absolute atomic E-state index is 0.263. The maximum absolute atomic E-state index is 13.3. The summed E-state index contributed by atoms with van der Waals surface area (Å²) in [6.45, 7) is 3.38. The maximum Gasteiger partial charge on any atom is 0.279 e. The summed E-state index contributed by atoms with van der Waals surface area (Å²) in [5.74, 6) is 3.99. The molecule has 0 aliphatic carbocycles. The molecule has 2 aromatic carbocycles. The molecule has 0 aromatic heterocycles. The van der Waals surface area contributed by atoms with E-state index >= 15 is 0 Å². The van der Waals surface area contributed by atoms with E-state index in [1.165, 1.54) is 27.9 Å². The third-order valence-corrected chi connectivity index (χ3v) is 6.70. The smallest absolute Gasteiger partial charge is 0.279 e. The Morgan fingerprint density at radius 2 is 1.62 bits per heavy atom. The summed E-state index contributed by atoms with van der Waals surface area (Å²) in [5, 5.41) is 21.9. The van der Waals surface area contributed by atoms with E-state index in [1.54, 1.807) is 48.5 Å². The van der Waals surface area contributed by atoms with Crippen LogP contribution >= 0.6 is 0 Å². The second-order valence-corrected chi connectivity index (χ2v) is 9.50. The highest BCUT2D eigenvalue weighted by atomic mass is 16.8. The average Bonchev–Trinajstić information content (AvgIpc) is 2.97. The summed E-state index contributed by atoms with van der Waals surface area (Å²) in [5.41, 5.74) is 2.61. The van der Waals surface area contributed by atoms with Crippen LogP contribution in [0.2, 0.25) is 0 Å². The summed E-state index contributed by atoms with van der Waals surface area (Å²) < 4.78 is 5.44. The number of likely N-dealkylation sites (N-methyl/N-ethyl adjacent to an activating group) is 2. The number of carbonyl (C=O) groups excluding carboxylic acids is 3.